The maximum absolute atomic E-state index is 13.0. The Morgan fingerprint density at radius 2 is 1.81 bits per heavy atom. The fraction of sp³-hybridized carbons (Fsp3) is 0.643. The van der Waals surface area contributed by atoms with Gasteiger partial charge in [0.25, 0.3) is 5.24 Å². The van der Waals surface area contributed by atoms with Crippen LogP contribution < -0.4 is 4.74 Å². The summed E-state index contributed by atoms with van der Waals surface area (Å²) in [5.74, 6) is 0.171. The largest absolute Gasteiger partial charge is 0.497 e. The lowest BCUT2D eigenvalue weighted by Gasteiger charge is -2.48. The van der Waals surface area contributed by atoms with Crippen molar-refractivity contribution in [2.75, 3.05) is 20.0 Å². The maximum atomic E-state index is 13.0. The van der Waals surface area contributed by atoms with Crippen LogP contribution in [0.2, 0.25) is 0 Å². The summed E-state index contributed by atoms with van der Waals surface area (Å²) in [6.45, 7) is 0.453. The molecule has 0 N–H and O–H groups in total. The molecule has 1 aromatic rings. The zero-order valence-electron chi connectivity index (χ0n) is 21.5. The molecule has 7 nitrogen and oxygen atoms in total. The number of carbonyl (C=O) groups is 2. The van der Waals surface area contributed by atoms with Crippen molar-refractivity contribution in [3.8, 4) is 5.75 Å². The van der Waals surface area contributed by atoms with E-state index in [-0.39, 0.29) is 29.5 Å². The predicted octanol–water partition coefficient (Wildman–Crippen LogP) is 5.86. The summed E-state index contributed by atoms with van der Waals surface area (Å²) in [6.07, 6.45) is 12.5. The van der Waals surface area contributed by atoms with Gasteiger partial charge in [-0.25, -0.2) is 0 Å². The quantitative estimate of drug-likeness (QED) is 0.358. The Kier molecular flexibility index (Phi) is 9.73. The number of hydrogen-bond donors (Lipinski definition) is 0. The van der Waals surface area contributed by atoms with Crippen molar-refractivity contribution in [2.45, 2.75) is 94.8 Å². The van der Waals surface area contributed by atoms with Gasteiger partial charge in [0.1, 0.15) is 11.9 Å². The van der Waals surface area contributed by atoms with Gasteiger partial charge in [-0.1, -0.05) is 42.5 Å². The number of amides is 1. The van der Waals surface area contributed by atoms with E-state index in [1.807, 2.05) is 29.2 Å². The highest BCUT2D eigenvalue weighted by molar-refractivity contribution is 8.13. The number of nitrogens with zero attached hydrogens (tertiary/aromatic N) is 1. The van der Waals surface area contributed by atoms with Crippen molar-refractivity contribution in [1.82, 2.24) is 4.90 Å². The van der Waals surface area contributed by atoms with Crippen molar-refractivity contribution >= 4 is 23.0 Å². The van der Waals surface area contributed by atoms with Gasteiger partial charge in [0.15, 0.2) is 5.79 Å². The molecule has 0 saturated carbocycles. The highest BCUT2D eigenvalue weighted by atomic mass is 32.2. The number of benzene rings is 1. The number of ether oxygens (including phenoxy) is 4. The Labute approximate surface area is 218 Å². The van der Waals surface area contributed by atoms with Gasteiger partial charge in [0.05, 0.1) is 19.3 Å². The van der Waals surface area contributed by atoms with Crippen molar-refractivity contribution in [3.63, 3.8) is 0 Å². The number of fused-ring (bicyclic) bond motifs is 2. The molecule has 1 amide bonds. The maximum Gasteiger partial charge on any atom is 0.306 e. The van der Waals surface area contributed by atoms with Crippen molar-refractivity contribution in [2.24, 2.45) is 0 Å². The topological polar surface area (TPSA) is 74.3 Å². The lowest BCUT2D eigenvalue weighted by atomic mass is 9.90. The number of methoxy groups -OCH3 is 2. The molecule has 2 fully saturated rings. The van der Waals surface area contributed by atoms with E-state index in [1.165, 1.54) is 11.8 Å². The second-order valence-electron chi connectivity index (χ2n) is 9.88. The van der Waals surface area contributed by atoms with Crippen LogP contribution in [0, 0.1) is 0 Å². The molecule has 0 radical (unpaired) electrons. The Morgan fingerprint density at radius 1 is 1.03 bits per heavy atom. The molecule has 4 rings (SSSR count). The van der Waals surface area contributed by atoms with Gasteiger partial charge in [0, 0.05) is 38.7 Å². The molecule has 2 bridgehead atoms. The molecule has 36 heavy (non-hydrogen) atoms. The van der Waals surface area contributed by atoms with Crippen molar-refractivity contribution in [3.05, 3.63) is 42.0 Å². The van der Waals surface area contributed by atoms with Gasteiger partial charge in [-0.15, -0.1) is 0 Å². The molecule has 3 aliphatic heterocycles. The van der Waals surface area contributed by atoms with E-state index >= 15 is 0 Å². The van der Waals surface area contributed by atoms with Crippen LogP contribution in [-0.4, -0.2) is 60.1 Å². The second-order valence-corrected chi connectivity index (χ2v) is 10.8. The fourth-order valence-corrected chi connectivity index (χ4v) is 6.48. The summed E-state index contributed by atoms with van der Waals surface area (Å²) in [4.78, 5) is 27.5. The molecule has 4 atom stereocenters. The van der Waals surface area contributed by atoms with E-state index in [1.54, 1.807) is 14.2 Å². The molecule has 3 heterocycles. The monoisotopic (exact) mass is 517 g/mol. The van der Waals surface area contributed by atoms with Crippen LogP contribution >= 0.6 is 11.8 Å². The van der Waals surface area contributed by atoms with E-state index in [2.05, 4.69) is 12.2 Å². The molecule has 0 spiro atoms. The van der Waals surface area contributed by atoms with Gasteiger partial charge in [0.2, 0.25) is 0 Å². The van der Waals surface area contributed by atoms with Gasteiger partial charge >= 0.3 is 5.97 Å². The van der Waals surface area contributed by atoms with Crippen molar-refractivity contribution < 1.29 is 28.5 Å². The summed E-state index contributed by atoms with van der Waals surface area (Å²) in [5, 5.41) is 0.00930. The minimum atomic E-state index is -1.02. The third-order valence-electron chi connectivity index (χ3n) is 7.36. The third kappa shape index (κ3) is 6.84. The second kappa shape index (κ2) is 13.0. The van der Waals surface area contributed by atoms with E-state index in [9.17, 15) is 9.59 Å². The highest BCUT2D eigenvalue weighted by Crippen LogP contribution is 2.43. The minimum Gasteiger partial charge on any atom is -0.497 e. The summed E-state index contributed by atoms with van der Waals surface area (Å²) in [5.41, 5.74) is 1.01. The fourth-order valence-electron chi connectivity index (χ4n) is 5.39. The first-order valence-electron chi connectivity index (χ1n) is 13.2. The molecular weight excluding hydrogens is 478 g/mol. The zero-order valence-corrected chi connectivity index (χ0v) is 22.3. The smallest absolute Gasteiger partial charge is 0.306 e. The first-order chi connectivity index (χ1) is 17.5. The van der Waals surface area contributed by atoms with Gasteiger partial charge in [-0.3, -0.25) is 9.59 Å². The number of esters is 1. The van der Waals surface area contributed by atoms with E-state index in [0.717, 1.165) is 56.3 Å². The molecule has 1 aromatic carbocycles. The average Bonchev–Trinajstić information content (AvgIpc) is 3.25. The number of allylic oxidation sites excluding steroid dienone is 2. The first kappa shape index (κ1) is 27.0. The van der Waals surface area contributed by atoms with E-state index in [4.69, 9.17) is 18.9 Å². The van der Waals surface area contributed by atoms with Crippen LogP contribution in [0.3, 0.4) is 0 Å². The molecule has 8 heteroatoms. The Balaban J connectivity index is 1.54. The van der Waals surface area contributed by atoms with Gasteiger partial charge < -0.3 is 23.8 Å². The standard InChI is InChI=1S/C28H39NO6S/c1-32-22-15-13-21(14-16-22)19-29-25(20-36-27(29)31)28(33-2)18-24-17-23(35-28)11-9-7-5-3-4-6-8-10-12-26(30)34-24/h3,5,13-16,23-25H,4,6-12,17-20H2,1-2H3/b5-3-/t23-,24-,25+,28-/m1/s1. The van der Waals surface area contributed by atoms with Crippen molar-refractivity contribution in [1.29, 1.82) is 0 Å². The predicted molar refractivity (Wildman–Crippen MR) is 140 cm³/mol. The SMILES string of the molecule is COc1ccc(CN2C(=O)SC[C@H]2[C@@]2(OC)C[C@H]3C[C@@H](CCC/C=C\CCCCCC(=O)O3)O2)cc1. The Hall–Kier alpha value is -2.03. The van der Waals surface area contributed by atoms with Crippen LogP contribution in [0.4, 0.5) is 4.79 Å². The average molecular weight is 518 g/mol. The van der Waals surface area contributed by atoms with Gasteiger partial charge in [-0.05, 0) is 56.2 Å². The molecule has 3 aliphatic rings. The van der Waals surface area contributed by atoms with Crippen LogP contribution in [0.1, 0.15) is 69.8 Å². The Bertz CT molecular complexity index is 906. The van der Waals surface area contributed by atoms with Crippen LogP contribution in [0.5, 0.6) is 5.75 Å². The third-order valence-corrected chi connectivity index (χ3v) is 8.32. The lowest BCUT2D eigenvalue weighted by Crippen LogP contribution is -2.60. The first-order valence-corrected chi connectivity index (χ1v) is 14.2. The molecule has 0 aliphatic carbocycles. The van der Waals surface area contributed by atoms with Gasteiger partial charge in [-0.2, -0.15) is 0 Å². The summed E-state index contributed by atoms with van der Waals surface area (Å²) in [6, 6.07) is 7.46. The molecule has 0 aromatic heterocycles. The Morgan fingerprint density at radius 3 is 2.56 bits per heavy atom. The molecule has 2 saturated heterocycles. The minimum absolute atomic E-state index is 0.00930. The summed E-state index contributed by atoms with van der Waals surface area (Å²) >= 11 is 1.29. The number of hydrogen-bond acceptors (Lipinski definition) is 7. The molecular formula is C28H39NO6S. The normalized spacial score (nSPS) is 31.3. The highest BCUT2D eigenvalue weighted by Gasteiger charge is 2.54. The lowest BCUT2D eigenvalue weighted by molar-refractivity contribution is -0.306. The number of thioether (sulfide) groups is 1. The molecule has 198 valence electrons. The molecule has 0 unspecified atom stereocenters. The van der Waals surface area contributed by atoms with E-state index in [0.29, 0.717) is 31.6 Å². The van der Waals surface area contributed by atoms with Crippen LogP contribution in [0.15, 0.2) is 36.4 Å². The number of rotatable bonds is 5. The zero-order chi connectivity index (χ0) is 25.4. The summed E-state index contributed by atoms with van der Waals surface area (Å²) < 4.78 is 24.1. The number of carbonyl (C=O) groups excluding carboxylic acids is 2. The van der Waals surface area contributed by atoms with Crippen LogP contribution in [0.25, 0.3) is 0 Å². The van der Waals surface area contributed by atoms with Crippen LogP contribution in [-0.2, 0) is 25.5 Å². The summed E-state index contributed by atoms with van der Waals surface area (Å²) in [7, 11) is 3.28. The van der Waals surface area contributed by atoms with E-state index < -0.39 is 5.79 Å².